The molecule has 2 amide bonds. The summed E-state index contributed by atoms with van der Waals surface area (Å²) >= 11 is 0. The third-order valence-corrected chi connectivity index (χ3v) is 6.19. The molecule has 0 saturated heterocycles. The quantitative estimate of drug-likeness (QED) is 0.229. The Kier molecular flexibility index (Phi) is 11.5. The van der Waals surface area contributed by atoms with Gasteiger partial charge in [-0.1, -0.05) is 12.8 Å². The molecule has 0 fully saturated rings. The highest BCUT2D eigenvalue weighted by Gasteiger charge is 2.20. The maximum atomic E-state index is 12.5. The molecule has 3 N–H and O–H groups in total. The molecular formula is C29H38N6O5. The van der Waals surface area contributed by atoms with Gasteiger partial charge in [-0.25, -0.2) is 9.78 Å². The average molecular weight is 551 g/mol. The molecule has 11 nitrogen and oxygen atoms in total. The van der Waals surface area contributed by atoms with Gasteiger partial charge in [-0.15, -0.1) is 0 Å². The first-order chi connectivity index (χ1) is 19.3. The molecule has 0 aliphatic carbocycles. The van der Waals surface area contributed by atoms with Crippen molar-refractivity contribution in [2.24, 2.45) is 0 Å². The lowest BCUT2D eigenvalue weighted by atomic mass is 10.1. The van der Waals surface area contributed by atoms with Crippen LogP contribution in [0.2, 0.25) is 0 Å². The number of hydrogen-bond acceptors (Lipinski definition) is 8. The molecule has 0 saturated carbocycles. The van der Waals surface area contributed by atoms with Crippen LogP contribution >= 0.6 is 0 Å². The number of carbonyl (C=O) groups is 2. The monoisotopic (exact) mass is 550 g/mol. The van der Waals surface area contributed by atoms with Crippen LogP contribution in [-0.2, 0) is 6.54 Å². The summed E-state index contributed by atoms with van der Waals surface area (Å²) in [6.07, 6.45) is 4.64. The molecule has 0 spiro atoms. The zero-order valence-corrected chi connectivity index (χ0v) is 23.5. The van der Waals surface area contributed by atoms with Crippen molar-refractivity contribution in [3.8, 4) is 11.5 Å². The van der Waals surface area contributed by atoms with Crippen LogP contribution in [-0.4, -0.2) is 73.4 Å². The van der Waals surface area contributed by atoms with Crippen molar-refractivity contribution in [2.75, 3.05) is 51.6 Å². The molecule has 0 bridgehead atoms. The fraction of sp³-hybridized carbons (Fsp3) is 0.379. The van der Waals surface area contributed by atoms with Gasteiger partial charge in [0.15, 0.2) is 0 Å². The Bertz CT molecular complexity index is 1250. The Balaban J connectivity index is 1.60. The number of carboxylic acid groups (broad SMARTS) is 1. The number of unbranched alkanes of at least 4 members (excludes halogenated alkanes) is 3. The molecule has 214 valence electrons. The van der Waals surface area contributed by atoms with Crippen molar-refractivity contribution in [3.05, 3.63) is 65.9 Å². The minimum Gasteiger partial charge on any atom is -0.497 e. The number of methoxy groups -OCH3 is 2. The number of carbonyl (C=O) groups excluding carboxylic acids is 1. The summed E-state index contributed by atoms with van der Waals surface area (Å²) in [5, 5.41) is 15.9. The molecule has 3 rings (SSSR count). The molecule has 3 aromatic rings. The number of hydrogen-bond donors (Lipinski definition) is 3. The lowest BCUT2D eigenvalue weighted by Gasteiger charge is -2.20. The van der Waals surface area contributed by atoms with Crippen LogP contribution in [0.4, 0.5) is 22.2 Å². The van der Waals surface area contributed by atoms with E-state index < -0.39 is 6.09 Å². The predicted octanol–water partition coefficient (Wildman–Crippen LogP) is 4.77. The third-order valence-electron chi connectivity index (χ3n) is 6.19. The van der Waals surface area contributed by atoms with E-state index in [1.807, 2.05) is 0 Å². The van der Waals surface area contributed by atoms with E-state index in [1.165, 1.54) is 26.5 Å². The van der Waals surface area contributed by atoms with Crippen LogP contribution in [0.15, 0.2) is 54.7 Å². The highest BCUT2D eigenvalue weighted by Crippen LogP contribution is 2.27. The van der Waals surface area contributed by atoms with Crippen LogP contribution in [0.1, 0.15) is 41.6 Å². The van der Waals surface area contributed by atoms with Crippen molar-refractivity contribution in [2.45, 2.75) is 32.2 Å². The number of aromatic nitrogens is 2. The zero-order chi connectivity index (χ0) is 28.9. The van der Waals surface area contributed by atoms with Gasteiger partial charge >= 0.3 is 6.09 Å². The summed E-state index contributed by atoms with van der Waals surface area (Å²) < 4.78 is 10.7. The van der Waals surface area contributed by atoms with E-state index in [0.717, 1.165) is 37.1 Å². The maximum Gasteiger partial charge on any atom is 0.413 e. The number of amides is 2. The number of ether oxygens (including phenoxy) is 2. The smallest absolute Gasteiger partial charge is 0.413 e. The van der Waals surface area contributed by atoms with E-state index in [-0.39, 0.29) is 24.2 Å². The SMILES string of the molecule is COc1ccc(OC)c(CN(C(=O)O)c2ccnc(Nc3ccc(C(=O)NCCCCCCN(C)C)cc3)n2)c1. The second-order valence-electron chi connectivity index (χ2n) is 9.46. The van der Waals surface area contributed by atoms with Crippen LogP contribution < -0.4 is 25.0 Å². The molecule has 0 unspecified atom stereocenters. The van der Waals surface area contributed by atoms with Gasteiger partial charge in [0.2, 0.25) is 5.95 Å². The van der Waals surface area contributed by atoms with Gasteiger partial charge in [0.1, 0.15) is 17.3 Å². The Hall–Kier alpha value is -4.38. The van der Waals surface area contributed by atoms with Crippen LogP contribution in [0.5, 0.6) is 11.5 Å². The third kappa shape index (κ3) is 9.12. The molecule has 2 aromatic carbocycles. The van der Waals surface area contributed by atoms with Gasteiger partial charge < -0.3 is 30.1 Å². The van der Waals surface area contributed by atoms with Crippen molar-refractivity contribution >= 4 is 29.5 Å². The Morgan fingerprint density at radius 2 is 1.70 bits per heavy atom. The van der Waals surface area contributed by atoms with Gasteiger partial charge in [0.05, 0.1) is 20.8 Å². The molecule has 0 aliphatic heterocycles. The fourth-order valence-corrected chi connectivity index (χ4v) is 4.03. The first-order valence-electron chi connectivity index (χ1n) is 13.1. The van der Waals surface area contributed by atoms with Crippen molar-refractivity contribution in [1.82, 2.24) is 20.2 Å². The normalized spacial score (nSPS) is 10.7. The minimum atomic E-state index is -1.18. The second kappa shape index (κ2) is 15.3. The summed E-state index contributed by atoms with van der Waals surface area (Å²) in [6, 6.07) is 13.6. The van der Waals surface area contributed by atoms with E-state index in [2.05, 4.69) is 39.6 Å². The van der Waals surface area contributed by atoms with Gasteiger partial charge in [0, 0.05) is 29.6 Å². The standard InChI is InChI=1S/C29H38N6O5/c1-34(2)18-8-6-5-7-16-30-27(36)21-9-11-23(12-10-21)32-28-31-17-15-26(33-28)35(29(37)38)20-22-19-24(39-3)13-14-25(22)40-4/h9-15,17,19H,5-8,16,18,20H2,1-4H3,(H,30,36)(H,37,38)(H,31,32,33). The fourth-order valence-electron chi connectivity index (χ4n) is 4.03. The van der Waals surface area contributed by atoms with E-state index >= 15 is 0 Å². The summed E-state index contributed by atoms with van der Waals surface area (Å²) in [5.74, 6) is 1.39. The highest BCUT2D eigenvalue weighted by molar-refractivity contribution is 5.94. The highest BCUT2D eigenvalue weighted by atomic mass is 16.5. The number of nitrogens with zero attached hydrogens (tertiary/aromatic N) is 4. The first-order valence-corrected chi connectivity index (χ1v) is 13.1. The molecule has 1 heterocycles. The molecule has 11 heteroatoms. The zero-order valence-electron chi connectivity index (χ0n) is 23.5. The summed E-state index contributed by atoms with van der Waals surface area (Å²) in [7, 11) is 7.20. The molecule has 0 radical (unpaired) electrons. The molecule has 1 aromatic heterocycles. The van der Waals surface area contributed by atoms with Crippen molar-refractivity contribution in [3.63, 3.8) is 0 Å². The Morgan fingerprint density at radius 3 is 2.38 bits per heavy atom. The predicted molar refractivity (Wildman–Crippen MR) is 155 cm³/mol. The lowest BCUT2D eigenvalue weighted by Crippen LogP contribution is -2.29. The van der Waals surface area contributed by atoms with Crippen LogP contribution in [0.3, 0.4) is 0 Å². The number of nitrogens with one attached hydrogen (secondary N) is 2. The number of rotatable bonds is 15. The number of benzene rings is 2. The average Bonchev–Trinajstić information content (AvgIpc) is 2.95. The maximum absolute atomic E-state index is 12.5. The van der Waals surface area contributed by atoms with Crippen molar-refractivity contribution < 1.29 is 24.2 Å². The summed E-state index contributed by atoms with van der Waals surface area (Å²) in [4.78, 5) is 36.5. The number of anilines is 3. The lowest BCUT2D eigenvalue weighted by molar-refractivity contribution is 0.0953. The Morgan fingerprint density at radius 1 is 0.950 bits per heavy atom. The Labute approximate surface area is 235 Å². The summed E-state index contributed by atoms with van der Waals surface area (Å²) in [5.41, 5.74) is 1.83. The van der Waals surface area contributed by atoms with Gasteiger partial charge in [-0.3, -0.25) is 9.69 Å². The van der Waals surface area contributed by atoms with Gasteiger partial charge in [-0.2, -0.15) is 4.98 Å². The van der Waals surface area contributed by atoms with Gasteiger partial charge in [0.25, 0.3) is 5.91 Å². The topological polar surface area (TPSA) is 129 Å². The van der Waals surface area contributed by atoms with Crippen LogP contribution in [0, 0.1) is 0 Å². The van der Waals surface area contributed by atoms with E-state index in [1.54, 1.807) is 42.5 Å². The van der Waals surface area contributed by atoms with E-state index in [9.17, 15) is 14.7 Å². The first kappa shape index (κ1) is 30.2. The van der Waals surface area contributed by atoms with Crippen molar-refractivity contribution in [1.29, 1.82) is 0 Å². The van der Waals surface area contributed by atoms with E-state index in [4.69, 9.17) is 9.47 Å². The largest absolute Gasteiger partial charge is 0.497 e. The summed E-state index contributed by atoms with van der Waals surface area (Å²) in [6.45, 7) is 1.72. The van der Waals surface area contributed by atoms with Crippen LogP contribution in [0.25, 0.3) is 0 Å². The van der Waals surface area contributed by atoms with Gasteiger partial charge in [-0.05, 0) is 82.0 Å². The minimum absolute atomic E-state index is 0.00788. The molecule has 0 aliphatic rings. The second-order valence-corrected chi connectivity index (χ2v) is 9.46. The molecule has 40 heavy (non-hydrogen) atoms. The van der Waals surface area contributed by atoms with E-state index in [0.29, 0.717) is 34.9 Å². The molecular weight excluding hydrogens is 512 g/mol. The molecule has 0 atom stereocenters.